The zero-order valence-corrected chi connectivity index (χ0v) is 13.5. The fourth-order valence-corrected chi connectivity index (χ4v) is 2.49. The van der Waals surface area contributed by atoms with Crippen LogP contribution in [0.3, 0.4) is 0 Å². The van der Waals surface area contributed by atoms with Crippen molar-refractivity contribution in [1.82, 2.24) is 14.7 Å². The predicted octanol–water partition coefficient (Wildman–Crippen LogP) is 3.17. The summed E-state index contributed by atoms with van der Waals surface area (Å²) in [4.78, 5) is 2.54. The van der Waals surface area contributed by atoms with Gasteiger partial charge in [0.15, 0.2) is 0 Å². The van der Waals surface area contributed by atoms with Crippen LogP contribution in [0.15, 0.2) is 0 Å². The molecule has 4 heteroatoms. The van der Waals surface area contributed by atoms with Crippen molar-refractivity contribution < 1.29 is 0 Å². The van der Waals surface area contributed by atoms with Crippen molar-refractivity contribution in [2.45, 2.75) is 59.5 Å². The third kappa shape index (κ3) is 4.23. The van der Waals surface area contributed by atoms with E-state index in [-0.39, 0.29) is 0 Å². The first-order valence-corrected chi connectivity index (χ1v) is 7.45. The Labute approximate surface area is 118 Å². The lowest BCUT2D eigenvalue weighted by atomic mass is 10.1. The minimum Gasteiger partial charge on any atom is -0.373 e. The molecular formula is C15H30N4. The Balaban J connectivity index is 2.78. The highest BCUT2D eigenvalue weighted by atomic mass is 15.3. The topological polar surface area (TPSA) is 33.1 Å². The van der Waals surface area contributed by atoms with Gasteiger partial charge in [-0.3, -0.25) is 9.58 Å². The maximum Gasteiger partial charge on any atom is 0.128 e. The molecule has 1 aromatic rings. The molecule has 110 valence electrons. The number of hydrogen-bond acceptors (Lipinski definition) is 3. The van der Waals surface area contributed by atoms with E-state index >= 15 is 0 Å². The van der Waals surface area contributed by atoms with E-state index in [0.29, 0.717) is 6.04 Å². The first kappa shape index (κ1) is 16.0. The van der Waals surface area contributed by atoms with Crippen LogP contribution < -0.4 is 5.32 Å². The SMILES string of the molecule is CCCCCN(Cc1c(C)nn(C)c1NC)C(C)C. The van der Waals surface area contributed by atoms with E-state index in [0.717, 1.165) is 18.1 Å². The highest BCUT2D eigenvalue weighted by molar-refractivity contribution is 5.46. The van der Waals surface area contributed by atoms with Gasteiger partial charge in [0.05, 0.1) is 5.69 Å². The molecule has 0 radical (unpaired) electrons. The average Bonchev–Trinajstić information content (AvgIpc) is 2.62. The van der Waals surface area contributed by atoms with Crippen LogP contribution in [-0.4, -0.2) is 34.3 Å². The van der Waals surface area contributed by atoms with Gasteiger partial charge >= 0.3 is 0 Å². The van der Waals surface area contributed by atoms with Crippen LogP contribution >= 0.6 is 0 Å². The van der Waals surface area contributed by atoms with Gasteiger partial charge in [-0.2, -0.15) is 5.10 Å². The number of rotatable bonds is 8. The van der Waals surface area contributed by atoms with Crippen LogP contribution in [0.4, 0.5) is 5.82 Å². The molecule has 0 fully saturated rings. The van der Waals surface area contributed by atoms with E-state index in [1.807, 2.05) is 18.8 Å². The Morgan fingerprint density at radius 1 is 1.32 bits per heavy atom. The van der Waals surface area contributed by atoms with Gasteiger partial charge in [0.1, 0.15) is 5.82 Å². The Kier molecular flexibility index (Phi) is 6.35. The highest BCUT2D eigenvalue weighted by Crippen LogP contribution is 2.21. The minimum atomic E-state index is 0.571. The van der Waals surface area contributed by atoms with Crippen molar-refractivity contribution in [1.29, 1.82) is 0 Å². The molecule has 4 nitrogen and oxygen atoms in total. The first-order chi connectivity index (χ1) is 9.01. The van der Waals surface area contributed by atoms with Crippen LogP contribution in [-0.2, 0) is 13.6 Å². The van der Waals surface area contributed by atoms with Crippen molar-refractivity contribution in [2.24, 2.45) is 7.05 Å². The van der Waals surface area contributed by atoms with Gasteiger partial charge in [0.2, 0.25) is 0 Å². The van der Waals surface area contributed by atoms with Crippen LogP contribution in [0.2, 0.25) is 0 Å². The summed E-state index contributed by atoms with van der Waals surface area (Å²) in [5.74, 6) is 1.14. The molecule has 0 aliphatic rings. The third-order valence-corrected chi connectivity index (χ3v) is 3.72. The van der Waals surface area contributed by atoms with Crippen LogP contribution in [0, 0.1) is 6.92 Å². The van der Waals surface area contributed by atoms with Crippen molar-refractivity contribution >= 4 is 5.82 Å². The molecule has 0 saturated carbocycles. The predicted molar refractivity (Wildman–Crippen MR) is 82.6 cm³/mol. The fraction of sp³-hybridized carbons (Fsp3) is 0.800. The number of nitrogens with zero attached hydrogens (tertiary/aromatic N) is 3. The fourth-order valence-electron chi connectivity index (χ4n) is 2.49. The Morgan fingerprint density at radius 3 is 2.53 bits per heavy atom. The molecule has 0 bridgehead atoms. The zero-order chi connectivity index (χ0) is 14.4. The van der Waals surface area contributed by atoms with Crippen molar-refractivity contribution in [2.75, 3.05) is 18.9 Å². The molecule has 0 spiro atoms. The lowest BCUT2D eigenvalue weighted by Crippen LogP contribution is -2.31. The van der Waals surface area contributed by atoms with E-state index in [1.54, 1.807) is 0 Å². The molecule has 1 N–H and O–H groups in total. The van der Waals surface area contributed by atoms with Gasteiger partial charge in [-0.25, -0.2) is 0 Å². The van der Waals surface area contributed by atoms with Gasteiger partial charge < -0.3 is 5.32 Å². The highest BCUT2D eigenvalue weighted by Gasteiger charge is 2.17. The summed E-state index contributed by atoms with van der Waals surface area (Å²) in [6.07, 6.45) is 3.87. The molecule has 1 heterocycles. The summed E-state index contributed by atoms with van der Waals surface area (Å²) in [5, 5.41) is 7.79. The van der Waals surface area contributed by atoms with Gasteiger partial charge in [0.25, 0.3) is 0 Å². The summed E-state index contributed by atoms with van der Waals surface area (Å²) in [7, 11) is 3.97. The third-order valence-electron chi connectivity index (χ3n) is 3.72. The summed E-state index contributed by atoms with van der Waals surface area (Å²) >= 11 is 0. The number of hydrogen-bond donors (Lipinski definition) is 1. The summed E-state index contributed by atoms with van der Waals surface area (Å²) < 4.78 is 1.94. The normalized spacial score (nSPS) is 11.6. The average molecular weight is 266 g/mol. The summed E-state index contributed by atoms with van der Waals surface area (Å²) in [6, 6.07) is 0.571. The maximum absolute atomic E-state index is 4.52. The van der Waals surface area contributed by atoms with Gasteiger partial charge in [0, 0.05) is 32.2 Å². The molecule has 1 rings (SSSR count). The van der Waals surface area contributed by atoms with Crippen molar-refractivity contribution in [3.63, 3.8) is 0 Å². The zero-order valence-electron chi connectivity index (χ0n) is 13.5. The Morgan fingerprint density at radius 2 is 2.00 bits per heavy atom. The van der Waals surface area contributed by atoms with Gasteiger partial charge in [-0.05, 0) is 33.7 Å². The second kappa shape index (κ2) is 7.53. The standard InChI is InChI=1S/C15H30N4/c1-7-8-9-10-19(12(2)3)11-14-13(4)17-18(6)15(14)16-5/h12,16H,7-11H2,1-6H3. The van der Waals surface area contributed by atoms with Crippen molar-refractivity contribution in [3.8, 4) is 0 Å². The second-order valence-electron chi connectivity index (χ2n) is 5.56. The molecule has 0 aliphatic carbocycles. The monoisotopic (exact) mass is 266 g/mol. The Bertz CT molecular complexity index is 382. The second-order valence-corrected chi connectivity index (χ2v) is 5.56. The number of anilines is 1. The van der Waals surface area contributed by atoms with Crippen LogP contribution in [0.1, 0.15) is 51.3 Å². The van der Waals surface area contributed by atoms with E-state index in [2.05, 4.69) is 43.0 Å². The minimum absolute atomic E-state index is 0.571. The van der Waals surface area contributed by atoms with Gasteiger partial charge in [-0.1, -0.05) is 19.8 Å². The summed E-state index contributed by atoms with van der Waals surface area (Å²) in [5.41, 5.74) is 2.46. The summed E-state index contributed by atoms with van der Waals surface area (Å²) in [6.45, 7) is 11.1. The smallest absolute Gasteiger partial charge is 0.128 e. The molecular weight excluding hydrogens is 236 g/mol. The molecule has 0 aromatic carbocycles. The van der Waals surface area contributed by atoms with E-state index < -0.39 is 0 Å². The van der Waals surface area contributed by atoms with Crippen LogP contribution in [0.25, 0.3) is 0 Å². The van der Waals surface area contributed by atoms with Gasteiger partial charge in [-0.15, -0.1) is 0 Å². The van der Waals surface area contributed by atoms with E-state index in [1.165, 1.54) is 31.4 Å². The molecule has 0 saturated heterocycles. The number of nitrogens with one attached hydrogen (secondary N) is 1. The molecule has 0 amide bonds. The lowest BCUT2D eigenvalue weighted by molar-refractivity contribution is 0.208. The quantitative estimate of drug-likeness (QED) is 0.734. The Hall–Kier alpha value is -1.03. The molecule has 19 heavy (non-hydrogen) atoms. The largest absolute Gasteiger partial charge is 0.373 e. The molecule has 0 aliphatic heterocycles. The first-order valence-electron chi connectivity index (χ1n) is 7.45. The number of unbranched alkanes of at least 4 members (excludes halogenated alkanes) is 2. The van der Waals surface area contributed by atoms with Crippen LogP contribution in [0.5, 0.6) is 0 Å². The molecule has 1 aromatic heterocycles. The number of aromatic nitrogens is 2. The molecule has 0 atom stereocenters. The molecule has 0 unspecified atom stereocenters. The van der Waals surface area contributed by atoms with E-state index in [4.69, 9.17) is 0 Å². The van der Waals surface area contributed by atoms with Crippen molar-refractivity contribution in [3.05, 3.63) is 11.3 Å². The number of aryl methyl sites for hydroxylation is 2. The maximum atomic E-state index is 4.52. The van der Waals surface area contributed by atoms with E-state index in [9.17, 15) is 0 Å². The lowest BCUT2D eigenvalue weighted by Gasteiger charge is -2.26.